The maximum absolute atomic E-state index is 11.5. The van der Waals surface area contributed by atoms with Crippen molar-refractivity contribution >= 4 is 22.7 Å². The lowest BCUT2D eigenvalue weighted by molar-refractivity contribution is -0.115. The molecule has 18 heavy (non-hydrogen) atoms. The molecule has 2 aromatic rings. The van der Waals surface area contributed by atoms with Crippen molar-refractivity contribution in [2.24, 2.45) is 0 Å². The van der Waals surface area contributed by atoms with Crippen LogP contribution in [-0.4, -0.2) is 24.5 Å². The van der Waals surface area contributed by atoms with Gasteiger partial charge in [-0.15, -0.1) is 0 Å². The van der Waals surface area contributed by atoms with Crippen LogP contribution < -0.4 is 10.6 Å². The van der Waals surface area contributed by atoms with E-state index in [-0.39, 0.29) is 5.91 Å². The van der Waals surface area contributed by atoms with E-state index in [1.165, 1.54) is 12.8 Å². The van der Waals surface area contributed by atoms with Crippen LogP contribution in [0.4, 0.5) is 5.69 Å². The first-order chi connectivity index (χ1) is 8.76. The number of amides is 1. The Morgan fingerprint density at radius 1 is 1.50 bits per heavy atom. The largest absolute Gasteiger partial charge is 0.440 e. The number of hydrogen-bond acceptors (Lipinski definition) is 4. The van der Waals surface area contributed by atoms with Gasteiger partial charge >= 0.3 is 0 Å². The number of fused-ring (bicyclic) bond motifs is 1. The maximum Gasteiger partial charge on any atom is 0.238 e. The Kier molecular flexibility index (Phi) is 2.76. The van der Waals surface area contributed by atoms with Gasteiger partial charge in [0.25, 0.3) is 0 Å². The number of carbonyl (C=O) groups is 1. The van der Waals surface area contributed by atoms with Crippen LogP contribution >= 0.6 is 0 Å². The number of aromatic nitrogens is 1. The third-order valence-corrected chi connectivity index (χ3v) is 2.95. The number of benzene rings is 1. The Balaban J connectivity index is 1.83. The molecule has 0 unspecified atom stereocenters. The SMILES string of the molecule is CNCC(=O)Nc1ccc2oc(C3CC3)nc2c1. The quantitative estimate of drug-likeness (QED) is 0.862. The van der Waals surface area contributed by atoms with Crippen molar-refractivity contribution in [3.63, 3.8) is 0 Å². The molecule has 0 radical (unpaired) electrons. The van der Waals surface area contributed by atoms with E-state index in [2.05, 4.69) is 15.6 Å². The molecule has 1 aromatic heterocycles. The lowest BCUT2D eigenvalue weighted by Crippen LogP contribution is -2.24. The second kappa shape index (κ2) is 4.42. The maximum atomic E-state index is 11.5. The number of anilines is 1. The van der Waals surface area contributed by atoms with E-state index in [9.17, 15) is 4.79 Å². The van der Waals surface area contributed by atoms with E-state index in [0.29, 0.717) is 12.5 Å². The zero-order chi connectivity index (χ0) is 12.5. The number of carbonyl (C=O) groups excluding carboxylic acids is 1. The van der Waals surface area contributed by atoms with Gasteiger partial charge in [0.1, 0.15) is 5.52 Å². The van der Waals surface area contributed by atoms with Crippen molar-refractivity contribution in [1.29, 1.82) is 0 Å². The van der Waals surface area contributed by atoms with Gasteiger partial charge in [-0.05, 0) is 38.1 Å². The highest BCUT2D eigenvalue weighted by Gasteiger charge is 2.28. The third kappa shape index (κ3) is 2.22. The molecule has 3 rings (SSSR count). The minimum absolute atomic E-state index is 0.0669. The van der Waals surface area contributed by atoms with Gasteiger partial charge in [-0.25, -0.2) is 4.98 Å². The molecule has 0 saturated heterocycles. The third-order valence-electron chi connectivity index (χ3n) is 2.95. The fraction of sp³-hybridized carbons (Fsp3) is 0.385. The summed E-state index contributed by atoms with van der Waals surface area (Å²) in [5, 5.41) is 5.61. The highest BCUT2D eigenvalue weighted by molar-refractivity contribution is 5.94. The van der Waals surface area contributed by atoms with Crippen molar-refractivity contribution in [3.8, 4) is 0 Å². The van der Waals surface area contributed by atoms with Crippen LogP contribution in [0.25, 0.3) is 11.1 Å². The lowest BCUT2D eigenvalue weighted by atomic mass is 10.3. The van der Waals surface area contributed by atoms with E-state index in [0.717, 1.165) is 22.7 Å². The highest BCUT2D eigenvalue weighted by atomic mass is 16.3. The van der Waals surface area contributed by atoms with Gasteiger partial charge in [0.15, 0.2) is 11.5 Å². The van der Waals surface area contributed by atoms with Crippen LogP contribution in [0, 0.1) is 0 Å². The van der Waals surface area contributed by atoms with Gasteiger partial charge in [-0.3, -0.25) is 4.79 Å². The van der Waals surface area contributed by atoms with Crippen LogP contribution in [0.5, 0.6) is 0 Å². The molecule has 0 aliphatic heterocycles. The average molecular weight is 245 g/mol. The zero-order valence-corrected chi connectivity index (χ0v) is 10.2. The van der Waals surface area contributed by atoms with E-state index >= 15 is 0 Å². The normalized spacial score (nSPS) is 14.9. The predicted octanol–water partition coefficient (Wildman–Crippen LogP) is 1.86. The molecule has 1 aliphatic rings. The van der Waals surface area contributed by atoms with Crippen LogP contribution in [0.3, 0.4) is 0 Å². The molecule has 2 N–H and O–H groups in total. The Bertz CT molecular complexity index is 587. The average Bonchev–Trinajstić information content (AvgIpc) is 3.10. The van der Waals surface area contributed by atoms with Crippen molar-refractivity contribution in [3.05, 3.63) is 24.1 Å². The molecule has 1 fully saturated rings. The minimum Gasteiger partial charge on any atom is -0.440 e. The number of hydrogen-bond donors (Lipinski definition) is 2. The predicted molar refractivity (Wildman–Crippen MR) is 68.5 cm³/mol. The van der Waals surface area contributed by atoms with Gasteiger partial charge < -0.3 is 15.1 Å². The van der Waals surface area contributed by atoms with E-state index in [4.69, 9.17) is 4.42 Å². The molecule has 1 saturated carbocycles. The number of nitrogens with zero attached hydrogens (tertiary/aromatic N) is 1. The second-order valence-electron chi connectivity index (χ2n) is 4.59. The summed E-state index contributed by atoms with van der Waals surface area (Å²) < 4.78 is 5.66. The zero-order valence-electron chi connectivity index (χ0n) is 10.2. The van der Waals surface area contributed by atoms with Crippen LogP contribution in [-0.2, 0) is 4.79 Å². The van der Waals surface area contributed by atoms with Gasteiger partial charge in [-0.2, -0.15) is 0 Å². The summed E-state index contributed by atoms with van der Waals surface area (Å²) >= 11 is 0. The van der Waals surface area contributed by atoms with Crippen molar-refractivity contribution in [2.75, 3.05) is 18.9 Å². The highest BCUT2D eigenvalue weighted by Crippen LogP contribution is 2.40. The molecule has 0 atom stereocenters. The van der Waals surface area contributed by atoms with Crippen molar-refractivity contribution < 1.29 is 9.21 Å². The van der Waals surface area contributed by atoms with Gasteiger partial charge in [0.05, 0.1) is 6.54 Å². The molecule has 0 bridgehead atoms. The summed E-state index contributed by atoms with van der Waals surface area (Å²) in [6, 6.07) is 5.53. The summed E-state index contributed by atoms with van der Waals surface area (Å²) in [6.45, 7) is 0.296. The topological polar surface area (TPSA) is 67.2 Å². The molecular weight excluding hydrogens is 230 g/mol. The fourth-order valence-electron chi connectivity index (χ4n) is 1.89. The molecule has 5 nitrogen and oxygen atoms in total. The molecule has 94 valence electrons. The molecule has 1 heterocycles. The number of oxazole rings is 1. The standard InChI is InChI=1S/C13H15N3O2/c1-14-7-12(17)15-9-4-5-11-10(6-9)16-13(18-11)8-2-3-8/h4-6,8,14H,2-3,7H2,1H3,(H,15,17). The van der Waals surface area contributed by atoms with Crippen LogP contribution in [0.1, 0.15) is 24.7 Å². The smallest absolute Gasteiger partial charge is 0.238 e. The summed E-state index contributed by atoms with van der Waals surface area (Å²) in [5.41, 5.74) is 2.33. The number of nitrogens with one attached hydrogen (secondary N) is 2. The molecule has 0 spiro atoms. The fourth-order valence-corrected chi connectivity index (χ4v) is 1.89. The molecule has 1 aliphatic carbocycles. The first-order valence-corrected chi connectivity index (χ1v) is 6.11. The first-order valence-electron chi connectivity index (χ1n) is 6.11. The van der Waals surface area contributed by atoms with Crippen molar-refractivity contribution in [2.45, 2.75) is 18.8 Å². The van der Waals surface area contributed by atoms with Crippen LogP contribution in [0.2, 0.25) is 0 Å². The first kappa shape index (κ1) is 11.2. The van der Waals surface area contributed by atoms with Crippen molar-refractivity contribution in [1.82, 2.24) is 10.3 Å². The summed E-state index contributed by atoms with van der Waals surface area (Å²) in [4.78, 5) is 15.9. The molecule has 1 aromatic carbocycles. The minimum atomic E-state index is -0.0669. The molecule has 1 amide bonds. The lowest BCUT2D eigenvalue weighted by Gasteiger charge is -2.03. The van der Waals surface area contributed by atoms with Crippen LogP contribution in [0.15, 0.2) is 22.6 Å². The molecule has 5 heteroatoms. The van der Waals surface area contributed by atoms with Gasteiger partial charge in [-0.1, -0.05) is 0 Å². The van der Waals surface area contributed by atoms with Gasteiger partial charge in [0, 0.05) is 11.6 Å². The summed E-state index contributed by atoms with van der Waals surface area (Å²) in [7, 11) is 1.74. The number of likely N-dealkylation sites (N-methyl/N-ethyl adjacent to an activating group) is 1. The molecular formula is C13H15N3O2. The van der Waals surface area contributed by atoms with E-state index in [1.807, 2.05) is 18.2 Å². The van der Waals surface area contributed by atoms with Gasteiger partial charge in [0.2, 0.25) is 5.91 Å². The summed E-state index contributed by atoms with van der Waals surface area (Å²) in [5.74, 6) is 1.26. The Morgan fingerprint density at radius 3 is 3.06 bits per heavy atom. The summed E-state index contributed by atoms with van der Waals surface area (Å²) in [6.07, 6.45) is 2.33. The van der Waals surface area contributed by atoms with E-state index < -0.39 is 0 Å². The van der Waals surface area contributed by atoms with E-state index in [1.54, 1.807) is 7.05 Å². The Labute approximate surface area is 105 Å². The Hall–Kier alpha value is -1.88. The second-order valence-corrected chi connectivity index (χ2v) is 4.59. The number of rotatable bonds is 4. The Morgan fingerprint density at radius 2 is 2.33 bits per heavy atom. The monoisotopic (exact) mass is 245 g/mol.